The third-order valence-electron chi connectivity index (χ3n) is 3.55. The average molecular weight is 277 g/mol. The molecule has 0 aliphatic rings. The Balaban J connectivity index is 3.03. The number of hydrogen-bond donors (Lipinski definition) is 2. The molecule has 0 aliphatic carbocycles. The molecule has 0 radical (unpaired) electrons. The van der Waals surface area contributed by atoms with Gasteiger partial charge in [0.25, 0.3) is 0 Å². The van der Waals surface area contributed by atoms with Crippen LogP contribution in [-0.2, 0) is 4.79 Å². The highest BCUT2D eigenvalue weighted by Crippen LogP contribution is 2.27. The van der Waals surface area contributed by atoms with E-state index in [2.05, 4.69) is 31.0 Å². The zero-order valence-electron chi connectivity index (χ0n) is 13.1. The maximum Gasteiger partial charge on any atom is 0.221 e. The molecule has 0 heterocycles. The lowest BCUT2D eigenvalue weighted by atomic mass is 10.1. The normalized spacial score (nSPS) is 12.0. The summed E-state index contributed by atoms with van der Waals surface area (Å²) >= 11 is 0. The number of unbranched alkanes of at least 4 members (excludes halogenated alkanes) is 1. The molecule has 0 aliphatic heterocycles. The minimum atomic E-state index is -0.0995. The van der Waals surface area contributed by atoms with Crippen LogP contribution in [-0.4, -0.2) is 18.5 Å². The van der Waals surface area contributed by atoms with Crippen LogP contribution in [0, 0.1) is 0 Å². The predicted octanol–water partition coefficient (Wildman–Crippen LogP) is 3.63. The van der Waals surface area contributed by atoms with Crippen molar-refractivity contribution in [3.8, 4) is 0 Å². The van der Waals surface area contributed by atoms with E-state index >= 15 is 0 Å². The highest BCUT2D eigenvalue weighted by molar-refractivity contribution is 5.93. The highest BCUT2D eigenvalue weighted by atomic mass is 16.1. The molecule has 20 heavy (non-hydrogen) atoms. The summed E-state index contributed by atoms with van der Waals surface area (Å²) in [7, 11) is 0. The van der Waals surface area contributed by atoms with E-state index in [9.17, 15) is 4.79 Å². The maximum absolute atomic E-state index is 11.2. The van der Waals surface area contributed by atoms with E-state index in [0.29, 0.717) is 17.4 Å². The van der Waals surface area contributed by atoms with Gasteiger partial charge in [-0.3, -0.25) is 4.79 Å². The molecule has 1 unspecified atom stereocenters. The van der Waals surface area contributed by atoms with E-state index in [-0.39, 0.29) is 5.91 Å². The van der Waals surface area contributed by atoms with Gasteiger partial charge in [-0.1, -0.05) is 20.3 Å². The van der Waals surface area contributed by atoms with Gasteiger partial charge in [-0.25, -0.2) is 0 Å². The molecule has 1 aromatic carbocycles. The fraction of sp³-hybridized carbons (Fsp3) is 0.562. The predicted molar refractivity (Wildman–Crippen MR) is 87.2 cm³/mol. The number of nitrogens with zero attached hydrogens (tertiary/aromatic N) is 1. The quantitative estimate of drug-likeness (QED) is 0.748. The molecule has 0 aromatic heterocycles. The number of rotatable bonds is 7. The van der Waals surface area contributed by atoms with E-state index < -0.39 is 0 Å². The van der Waals surface area contributed by atoms with E-state index in [1.54, 1.807) is 0 Å². The molecule has 0 saturated heterocycles. The van der Waals surface area contributed by atoms with Gasteiger partial charge in [0, 0.05) is 25.2 Å². The topological polar surface area (TPSA) is 58.4 Å². The Morgan fingerprint density at radius 2 is 2.10 bits per heavy atom. The lowest BCUT2D eigenvalue weighted by Crippen LogP contribution is -2.33. The molecule has 0 spiro atoms. The van der Waals surface area contributed by atoms with Crippen molar-refractivity contribution in [1.29, 1.82) is 0 Å². The zero-order chi connectivity index (χ0) is 15.1. The number of anilines is 3. The molecule has 0 bridgehead atoms. The first-order valence-corrected chi connectivity index (χ1v) is 7.43. The molecule has 0 fully saturated rings. The van der Waals surface area contributed by atoms with E-state index in [1.165, 1.54) is 13.3 Å². The highest BCUT2D eigenvalue weighted by Gasteiger charge is 2.14. The Hall–Kier alpha value is -1.71. The van der Waals surface area contributed by atoms with E-state index in [1.807, 2.05) is 18.2 Å². The minimum absolute atomic E-state index is 0.0995. The number of carbonyl (C=O) groups excluding carboxylic acids is 1. The SMILES string of the molecule is CCCCN(c1ccc(N)c(NC(C)=O)c1)C(C)CC. The second kappa shape index (κ2) is 7.78. The summed E-state index contributed by atoms with van der Waals surface area (Å²) in [5, 5.41) is 2.79. The number of nitrogen functional groups attached to an aromatic ring is 1. The minimum Gasteiger partial charge on any atom is -0.397 e. The molecule has 4 heteroatoms. The van der Waals surface area contributed by atoms with Gasteiger partial charge in [0.2, 0.25) is 5.91 Å². The molecule has 0 saturated carbocycles. The molecule has 112 valence electrons. The van der Waals surface area contributed by atoms with Crippen molar-refractivity contribution in [1.82, 2.24) is 0 Å². The van der Waals surface area contributed by atoms with Gasteiger partial charge in [0.05, 0.1) is 11.4 Å². The summed E-state index contributed by atoms with van der Waals surface area (Å²) in [6, 6.07) is 6.33. The number of carbonyl (C=O) groups is 1. The smallest absolute Gasteiger partial charge is 0.221 e. The van der Waals surface area contributed by atoms with Crippen LogP contribution in [0.25, 0.3) is 0 Å². The summed E-state index contributed by atoms with van der Waals surface area (Å²) in [5.41, 5.74) is 8.32. The largest absolute Gasteiger partial charge is 0.397 e. The number of amides is 1. The molecule has 1 rings (SSSR count). The number of nitrogens with two attached hydrogens (primary N) is 1. The molecule has 4 nitrogen and oxygen atoms in total. The molecular formula is C16H27N3O. The second-order valence-electron chi connectivity index (χ2n) is 5.26. The van der Waals surface area contributed by atoms with E-state index in [0.717, 1.165) is 25.1 Å². The maximum atomic E-state index is 11.2. The van der Waals surface area contributed by atoms with Gasteiger partial charge in [-0.2, -0.15) is 0 Å². The van der Waals surface area contributed by atoms with Crippen LogP contribution in [0.1, 0.15) is 47.0 Å². The Kier molecular flexibility index (Phi) is 6.36. The van der Waals surface area contributed by atoms with Crippen LogP contribution < -0.4 is 16.0 Å². The first-order valence-electron chi connectivity index (χ1n) is 7.43. The van der Waals surface area contributed by atoms with Gasteiger partial charge in [-0.05, 0) is 38.0 Å². The summed E-state index contributed by atoms with van der Waals surface area (Å²) in [4.78, 5) is 13.6. The second-order valence-corrected chi connectivity index (χ2v) is 5.26. The first-order chi connectivity index (χ1) is 9.49. The lowest BCUT2D eigenvalue weighted by Gasteiger charge is -2.31. The van der Waals surface area contributed by atoms with Crippen molar-refractivity contribution in [2.75, 3.05) is 22.5 Å². The van der Waals surface area contributed by atoms with Crippen molar-refractivity contribution in [2.24, 2.45) is 0 Å². The third kappa shape index (κ3) is 4.44. The number of benzene rings is 1. The van der Waals surface area contributed by atoms with Crippen molar-refractivity contribution in [2.45, 2.75) is 53.0 Å². The van der Waals surface area contributed by atoms with Crippen LogP contribution >= 0.6 is 0 Å². The Morgan fingerprint density at radius 3 is 2.65 bits per heavy atom. The van der Waals surface area contributed by atoms with Gasteiger partial charge in [-0.15, -0.1) is 0 Å². The molecule has 3 N–H and O–H groups in total. The summed E-state index contributed by atoms with van der Waals surface area (Å²) in [5.74, 6) is -0.0995. The summed E-state index contributed by atoms with van der Waals surface area (Å²) < 4.78 is 0. The standard InChI is InChI=1S/C16H27N3O/c1-5-7-10-19(12(3)6-2)14-8-9-15(17)16(11-14)18-13(4)20/h8-9,11-12H,5-7,10,17H2,1-4H3,(H,18,20). The number of hydrogen-bond acceptors (Lipinski definition) is 3. The Morgan fingerprint density at radius 1 is 1.40 bits per heavy atom. The molecule has 1 aromatic rings. The van der Waals surface area contributed by atoms with Crippen molar-refractivity contribution in [3.63, 3.8) is 0 Å². The molecule has 1 atom stereocenters. The zero-order valence-corrected chi connectivity index (χ0v) is 13.1. The van der Waals surface area contributed by atoms with Crippen LogP contribution in [0.3, 0.4) is 0 Å². The van der Waals surface area contributed by atoms with Crippen molar-refractivity contribution >= 4 is 23.0 Å². The monoisotopic (exact) mass is 277 g/mol. The molecular weight excluding hydrogens is 250 g/mol. The molecule has 1 amide bonds. The van der Waals surface area contributed by atoms with E-state index in [4.69, 9.17) is 5.73 Å². The van der Waals surface area contributed by atoms with Crippen LogP contribution in [0.15, 0.2) is 18.2 Å². The van der Waals surface area contributed by atoms with Gasteiger partial charge >= 0.3 is 0 Å². The number of nitrogens with one attached hydrogen (secondary N) is 1. The van der Waals surface area contributed by atoms with Crippen LogP contribution in [0.4, 0.5) is 17.1 Å². The average Bonchev–Trinajstić information content (AvgIpc) is 2.41. The van der Waals surface area contributed by atoms with Gasteiger partial charge in [0.1, 0.15) is 0 Å². The Labute approximate surface area is 122 Å². The fourth-order valence-corrected chi connectivity index (χ4v) is 2.17. The van der Waals surface area contributed by atoms with Crippen LogP contribution in [0.2, 0.25) is 0 Å². The van der Waals surface area contributed by atoms with Crippen molar-refractivity contribution in [3.05, 3.63) is 18.2 Å². The summed E-state index contributed by atoms with van der Waals surface area (Å²) in [6.07, 6.45) is 3.41. The van der Waals surface area contributed by atoms with Gasteiger partial charge in [0.15, 0.2) is 0 Å². The lowest BCUT2D eigenvalue weighted by molar-refractivity contribution is -0.114. The van der Waals surface area contributed by atoms with Gasteiger partial charge < -0.3 is 16.0 Å². The summed E-state index contributed by atoms with van der Waals surface area (Å²) in [6.45, 7) is 9.13. The Bertz CT molecular complexity index is 445. The first kappa shape index (κ1) is 16.3. The fourth-order valence-electron chi connectivity index (χ4n) is 2.17. The van der Waals surface area contributed by atoms with Crippen LogP contribution in [0.5, 0.6) is 0 Å². The third-order valence-corrected chi connectivity index (χ3v) is 3.55. The van der Waals surface area contributed by atoms with Crippen molar-refractivity contribution < 1.29 is 4.79 Å².